The molecule has 0 saturated heterocycles. The Morgan fingerprint density at radius 2 is 1.50 bits per heavy atom. The van der Waals surface area contributed by atoms with Crippen LogP contribution in [0.1, 0.15) is 6.92 Å². The largest absolute Gasteiger partial charge is 0.743 e. The molecule has 0 unspecified atom stereocenters. The summed E-state index contributed by atoms with van der Waals surface area (Å²) < 4.78 is 141. The second-order valence-corrected chi connectivity index (χ2v) is 5.93. The van der Waals surface area contributed by atoms with Crippen molar-refractivity contribution < 1.29 is 61.8 Å². The number of ether oxygens (including phenoxy) is 1. The van der Waals surface area contributed by atoms with Gasteiger partial charge in [0.15, 0.2) is 10.1 Å². The molecule has 0 aliphatic heterocycles. The van der Waals surface area contributed by atoms with Gasteiger partial charge in [0.05, 0.1) is 13.6 Å². The quantitative estimate of drug-likeness (QED) is 0.411. The van der Waals surface area contributed by atoms with Gasteiger partial charge in [0, 0.05) is 0 Å². The second kappa shape index (κ2) is 7.59. The highest BCUT2D eigenvalue weighted by molar-refractivity contribution is 7.86. The lowest BCUT2D eigenvalue weighted by atomic mass is 10.5. The minimum atomic E-state index is -7.24. The first kappa shape index (κ1) is 24.5. The lowest BCUT2D eigenvalue weighted by molar-refractivity contribution is -0.671. The van der Waals surface area contributed by atoms with Gasteiger partial charge >= 0.3 is 23.6 Å². The predicted octanol–water partition coefficient (Wildman–Crippen LogP) is 2.22. The summed E-state index contributed by atoms with van der Waals surface area (Å²) in [5, 5.41) is -6.81. The minimum absolute atomic E-state index is 1.06. The molecule has 0 aliphatic rings. The van der Waals surface area contributed by atoms with Crippen molar-refractivity contribution >= 4 is 10.1 Å². The van der Waals surface area contributed by atoms with E-state index in [4.69, 9.17) is 0 Å². The maximum Gasteiger partial charge on any atom is 0.483 e. The zero-order chi connectivity index (χ0) is 21.2. The Morgan fingerprint density at radius 1 is 1.04 bits per heavy atom. The lowest BCUT2D eigenvalue weighted by Crippen LogP contribution is -2.54. The van der Waals surface area contributed by atoms with Crippen LogP contribution in [0.25, 0.3) is 0 Å². The van der Waals surface area contributed by atoms with E-state index in [0.717, 1.165) is 6.54 Å². The monoisotopic (exact) mass is 426 g/mol. The van der Waals surface area contributed by atoms with Gasteiger partial charge in [-0.05, 0) is 6.92 Å². The van der Waals surface area contributed by atoms with E-state index in [-0.39, 0.29) is 0 Å². The van der Waals surface area contributed by atoms with Crippen LogP contribution in [0.5, 0.6) is 0 Å². The lowest BCUT2D eigenvalue weighted by Gasteiger charge is -2.31. The molecule has 1 aromatic heterocycles. The summed E-state index contributed by atoms with van der Waals surface area (Å²) in [5.41, 5.74) is 0. The van der Waals surface area contributed by atoms with Gasteiger partial charge < -0.3 is 4.55 Å². The van der Waals surface area contributed by atoms with Gasteiger partial charge in [-0.15, -0.1) is 0 Å². The second-order valence-electron chi connectivity index (χ2n) is 4.51. The molecule has 0 bridgehead atoms. The van der Waals surface area contributed by atoms with Gasteiger partial charge in [0.25, 0.3) is 0 Å². The summed E-state index contributed by atoms with van der Waals surface area (Å²) in [6.45, 7) is 3.18. The molecule has 154 valence electrons. The molecule has 0 fully saturated rings. The zero-order valence-electron chi connectivity index (χ0n) is 12.8. The molecular formula is C10H11F9N2O4S. The molecule has 0 saturated carbocycles. The van der Waals surface area contributed by atoms with Gasteiger partial charge in [-0.2, -0.15) is 39.5 Å². The van der Waals surface area contributed by atoms with Crippen LogP contribution in [0.4, 0.5) is 39.5 Å². The molecule has 0 atom stereocenters. The number of imidazole rings is 1. The standard InChI is InChI=1S/C6H11N2.C4HF9O4S/c1-3-8-5-4-7(2)6-8;5-1(6,7)2(8,9)17-3(10,11)4(12,13)18(14,15)16/h4-6H,3H2,1-2H3;(H,14,15,16)/q+1;/p-1. The molecule has 6 nitrogen and oxygen atoms in total. The smallest absolute Gasteiger partial charge is 0.483 e. The summed E-state index contributed by atoms with van der Waals surface area (Å²) >= 11 is 0. The van der Waals surface area contributed by atoms with Crippen molar-refractivity contribution in [3.05, 3.63) is 18.7 Å². The highest BCUT2D eigenvalue weighted by atomic mass is 32.2. The first-order valence-corrected chi connectivity index (χ1v) is 7.56. The molecule has 1 rings (SSSR count). The third-order valence-electron chi connectivity index (χ3n) is 2.43. The molecule has 0 spiro atoms. The molecule has 0 aromatic carbocycles. The molecule has 1 heterocycles. The number of aryl methyl sites for hydroxylation is 2. The van der Waals surface area contributed by atoms with Crippen LogP contribution in [-0.4, -0.2) is 41.2 Å². The van der Waals surface area contributed by atoms with Crippen molar-refractivity contribution in [1.82, 2.24) is 4.57 Å². The fourth-order valence-corrected chi connectivity index (χ4v) is 1.45. The van der Waals surface area contributed by atoms with Crippen LogP contribution < -0.4 is 4.57 Å². The summed E-state index contributed by atoms with van der Waals surface area (Å²) in [4.78, 5) is 0. The Bertz CT molecular complexity index is 700. The average Bonchev–Trinajstić information content (AvgIpc) is 2.81. The predicted molar refractivity (Wildman–Crippen MR) is 63.0 cm³/mol. The van der Waals surface area contributed by atoms with E-state index >= 15 is 0 Å². The van der Waals surface area contributed by atoms with Crippen molar-refractivity contribution in [2.24, 2.45) is 7.05 Å². The Morgan fingerprint density at radius 3 is 1.73 bits per heavy atom. The third kappa shape index (κ3) is 5.73. The third-order valence-corrected chi connectivity index (χ3v) is 3.29. The van der Waals surface area contributed by atoms with Crippen LogP contribution in [0.2, 0.25) is 0 Å². The number of hydrogen-bond donors (Lipinski definition) is 0. The molecule has 0 amide bonds. The molecule has 16 heteroatoms. The SMILES string of the molecule is CCn1cc[n+](C)c1.O=S(=O)([O-])C(F)(F)C(F)(F)OC(F)(F)C(F)(F)F. The normalized spacial score (nSPS) is 14.0. The number of halogens is 9. The van der Waals surface area contributed by atoms with Gasteiger partial charge in [-0.3, -0.25) is 0 Å². The highest BCUT2D eigenvalue weighted by Crippen LogP contribution is 2.46. The molecular weight excluding hydrogens is 415 g/mol. The van der Waals surface area contributed by atoms with E-state index in [9.17, 15) is 52.5 Å². The topological polar surface area (TPSA) is 75.2 Å². The van der Waals surface area contributed by atoms with Gasteiger partial charge in [0.2, 0.25) is 6.33 Å². The molecule has 0 N–H and O–H groups in total. The molecule has 0 aliphatic carbocycles. The number of rotatable bonds is 5. The molecule has 26 heavy (non-hydrogen) atoms. The summed E-state index contributed by atoms with van der Waals surface area (Å²) in [7, 11) is -5.22. The number of hydrogen-bond acceptors (Lipinski definition) is 4. The van der Waals surface area contributed by atoms with E-state index < -0.39 is 33.8 Å². The highest BCUT2D eigenvalue weighted by Gasteiger charge is 2.72. The Labute approximate surface area is 140 Å². The molecule has 0 radical (unpaired) electrons. The summed E-state index contributed by atoms with van der Waals surface area (Å²) in [6.07, 6.45) is -14.3. The van der Waals surface area contributed by atoms with Crippen LogP contribution >= 0.6 is 0 Å². The van der Waals surface area contributed by atoms with Crippen LogP contribution in [-0.2, 0) is 28.4 Å². The van der Waals surface area contributed by atoms with Crippen LogP contribution in [0.3, 0.4) is 0 Å². The summed E-state index contributed by atoms with van der Waals surface area (Å²) in [6, 6.07) is 0. The van der Waals surface area contributed by atoms with E-state index in [2.05, 4.69) is 24.0 Å². The average molecular weight is 426 g/mol. The Balaban J connectivity index is 0.000000642. The maximum atomic E-state index is 12.2. The van der Waals surface area contributed by atoms with Gasteiger partial charge in [-0.25, -0.2) is 22.3 Å². The number of alkyl halides is 9. The van der Waals surface area contributed by atoms with Crippen LogP contribution in [0.15, 0.2) is 18.7 Å². The Hall–Kier alpha value is -1.55. The van der Waals surface area contributed by atoms with E-state index in [1.165, 1.54) is 4.74 Å². The minimum Gasteiger partial charge on any atom is -0.743 e. The van der Waals surface area contributed by atoms with Crippen molar-refractivity contribution in [2.45, 2.75) is 37.1 Å². The van der Waals surface area contributed by atoms with Gasteiger partial charge in [0.1, 0.15) is 12.4 Å². The van der Waals surface area contributed by atoms with Crippen LogP contribution in [0, 0.1) is 0 Å². The summed E-state index contributed by atoms with van der Waals surface area (Å²) in [5.74, 6) is 0. The van der Waals surface area contributed by atoms with Gasteiger partial charge in [-0.1, -0.05) is 0 Å². The fraction of sp³-hybridized carbons (Fsp3) is 0.700. The van der Waals surface area contributed by atoms with E-state index in [1.807, 2.05) is 17.8 Å². The van der Waals surface area contributed by atoms with Crippen molar-refractivity contribution in [1.29, 1.82) is 0 Å². The zero-order valence-corrected chi connectivity index (χ0v) is 13.6. The van der Waals surface area contributed by atoms with E-state index in [0.29, 0.717) is 0 Å². The van der Waals surface area contributed by atoms with Crippen molar-refractivity contribution in [3.8, 4) is 0 Å². The maximum absolute atomic E-state index is 12.2. The number of nitrogens with zero attached hydrogens (tertiary/aromatic N) is 2. The first-order chi connectivity index (χ1) is 11.3. The fourth-order valence-electron chi connectivity index (χ4n) is 1.11. The van der Waals surface area contributed by atoms with E-state index in [1.54, 1.807) is 0 Å². The Kier molecular flexibility index (Phi) is 7.14. The molecule has 1 aromatic rings. The van der Waals surface area contributed by atoms with Crippen molar-refractivity contribution in [3.63, 3.8) is 0 Å². The first-order valence-electron chi connectivity index (χ1n) is 6.15. The van der Waals surface area contributed by atoms with Crippen molar-refractivity contribution in [2.75, 3.05) is 0 Å². The number of aromatic nitrogens is 2.